The van der Waals surface area contributed by atoms with Gasteiger partial charge in [-0.2, -0.15) is 0 Å². The molecule has 134 valence electrons. The second-order valence-electron chi connectivity index (χ2n) is 6.41. The third-order valence-electron chi connectivity index (χ3n) is 4.53. The summed E-state index contributed by atoms with van der Waals surface area (Å²) in [5.74, 6) is 0.862. The van der Waals surface area contributed by atoms with Crippen LogP contribution in [0.5, 0.6) is 5.75 Å². The minimum Gasteiger partial charge on any atom is -0.489 e. The fraction of sp³-hybridized carbons (Fsp3) is 0.0833. The Balaban J connectivity index is 1.44. The van der Waals surface area contributed by atoms with Gasteiger partial charge in [-0.05, 0) is 46.2 Å². The highest BCUT2D eigenvalue weighted by atomic mass is 35.5. The van der Waals surface area contributed by atoms with Crippen molar-refractivity contribution in [1.29, 1.82) is 0 Å². The van der Waals surface area contributed by atoms with Gasteiger partial charge in [0.05, 0.1) is 10.7 Å². The van der Waals surface area contributed by atoms with Crippen LogP contribution in [0.25, 0.3) is 10.8 Å². The van der Waals surface area contributed by atoms with Crippen LogP contribution in [0.2, 0.25) is 5.02 Å². The molecule has 27 heavy (non-hydrogen) atoms. The molecule has 0 aliphatic rings. The molecule has 0 unspecified atom stereocenters. The average Bonchev–Trinajstić information content (AvgIpc) is 2.72. The third kappa shape index (κ3) is 4.24. The Morgan fingerprint density at radius 3 is 2.48 bits per heavy atom. The summed E-state index contributed by atoms with van der Waals surface area (Å²) in [6, 6.07) is 30.6. The fourth-order valence-electron chi connectivity index (χ4n) is 3.13. The van der Waals surface area contributed by atoms with Gasteiger partial charge in [0.25, 0.3) is 0 Å². The zero-order chi connectivity index (χ0) is 18.5. The van der Waals surface area contributed by atoms with E-state index in [1.54, 1.807) is 0 Å². The summed E-state index contributed by atoms with van der Waals surface area (Å²) >= 11 is 6.20. The monoisotopic (exact) mass is 373 g/mol. The molecule has 0 aliphatic heterocycles. The minimum atomic E-state index is 0.544. The standard InChI is InChI=1S/C24H20ClNO/c25-23-13-3-4-14-24(23)26-16-18-7-5-11-21(15-18)27-17-20-10-6-9-19-8-1-2-12-22(19)20/h1-15,26H,16-17H2. The van der Waals surface area contributed by atoms with Gasteiger partial charge in [0.1, 0.15) is 12.4 Å². The molecule has 4 aromatic carbocycles. The van der Waals surface area contributed by atoms with Crippen LogP contribution in [0.15, 0.2) is 91.0 Å². The molecule has 0 aromatic heterocycles. The molecule has 1 N–H and O–H groups in total. The van der Waals surface area contributed by atoms with Gasteiger partial charge in [0.2, 0.25) is 0 Å². The lowest BCUT2D eigenvalue weighted by molar-refractivity contribution is 0.307. The molecule has 2 nitrogen and oxygen atoms in total. The number of benzene rings is 4. The Kier molecular flexibility index (Phi) is 5.27. The van der Waals surface area contributed by atoms with Crippen LogP contribution in [0.4, 0.5) is 5.69 Å². The second kappa shape index (κ2) is 8.15. The number of hydrogen-bond acceptors (Lipinski definition) is 2. The summed E-state index contributed by atoms with van der Waals surface area (Å²) in [7, 11) is 0. The number of hydrogen-bond donors (Lipinski definition) is 1. The number of para-hydroxylation sites is 1. The summed E-state index contributed by atoms with van der Waals surface area (Å²) in [5.41, 5.74) is 3.26. The molecule has 4 rings (SSSR count). The van der Waals surface area contributed by atoms with Crippen molar-refractivity contribution in [1.82, 2.24) is 0 Å². The van der Waals surface area contributed by atoms with Crippen molar-refractivity contribution in [2.75, 3.05) is 5.32 Å². The van der Waals surface area contributed by atoms with Crippen molar-refractivity contribution in [3.8, 4) is 5.75 Å². The van der Waals surface area contributed by atoms with E-state index in [-0.39, 0.29) is 0 Å². The van der Waals surface area contributed by atoms with Crippen molar-refractivity contribution < 1.29 is 4.74 Å². The highest BCUT2D eigenvalue weighted by Crippen LogP contribution is 2.23. The molecular formula is C24H20ClNO. The lowest BCUT2D eigenvalue weighted by Crippen LogP contribution is -2.01. The van der Waals surface area contributed by atoms with Crippen molar-refractivity contribution >= 4 is 28.1 Å². The molecule has 4 aromatic rings. The maximum atomic E-state index is 6.20. The summed E-state index contributed by atoms with van der Waals surface area (Å²) < 4.78 is 6.06. The van der Waals surface area contributed by atoms with Gasteiger partial charge < -0.3 is 10.1 Å². The second-order valence-corrected chi connectivity index (χ2v) is 6.81. The molecule has 0 amide bonds. The topological polar surface area (TPSA) is 21.3 Å². The Hall–Kier alpha value is -2.97. The molecule has 0 saturated heterocycles. The summed E-state index contributed by atoms with van der Waals surface area (Å²) in [4.78, 5) is 0. The first kappa shape index (κ1) is 17.4. The van der Waals surface area contributed by atoms with Crippen LogP contribution in [0.3, 0.4) is 0 Å². The van der Waals surface area contributed by atoms with Crippen molar-refractivity contribution in [2.24, 2.45) is 0 Å². The molecule has 0 aliphatic carbocycles. The zero-order valence-electron chi connectivity index (χ0n) is 14.9. The Morgan fingerprint density at radius 2 is 1.56 bits per heavy atom. The van der Waals surface area contributed by atoms with E-state index in [1.807, 2.05) is 36.4 Å². The quantitative estimate of drug-likeness (QED) is 0.406. The number of fused-ring (bicyclic) bond motifs is 1. The molecule has 0 bridgehead atoms. The van der Waals surface area contributed by atoms with Crippen LogP contribution in [0, 0.1) is 0 Å². The molecule has 0 atom stereocenters. The van der Waals surface area contributed by atoms with Crippen LogP contribution >= 0.6 is 11.6 Å². The minimum absolute atomic E-state index is 0.544. The predicted octanol–water partition coefficient (Wildman–Crippen LogP) is 6.68. The Bertz CT molecular complexity index is 1060. The van der Waals surface area contributed by atoms with E-state index in [0.717, 1.165) is 22.0 Å². The van der Waals surface area contributed by atoms with Gasteiger partial charge in [-0.1, -0.05) is 78.3 Å². The van der Waals surface area contributed by atoms with Gasteiger partial charge in [0.15, 0.2) is 0 Å². The van der Waals surface area contributed by atoms with Gasteiger partial charge in [-0.25, -0.2) is 0 Å². The van der Waals surface area contributed by atoms with Crippen LogP contribution in [0.1, 0.15) is 11.1 Å². The fourth-order valence-corrected chi connectivity index (χ4v) is 3.33. The summed E-state index contributed by atoms with van der Waals surface area (Å²) in [6.45, 7) is 1.23. The van der Waals surface area contributed by atoms with Crippen molar-refractivity contribution in [2.45, 2.75) is 13.2 Å². The number of ether oxygens (including phenoxy) is 1. The van der Waals surface area contributed by atoms with E-state index in [9.17, 15) is 0 Å². The molecule has 0 saturated carbocycles. The molecule has 0 spiro atoms. The number of halogens is 1. The number of rotatable bonds is 6. The van der Waals surface area contributed by atoms with Gasteiger partial charge in [0, 0.05) is 6.54 Å². The highest BCUT2D eigenvalue weighted by molar-refractivity contribution is 6.33. The summed E-state index contributed by atoms with van der Waals surface area (Å²) in [5, 5.41) is 6.56. The first-order valence-electron chi connectivity index (χ1n) is 8.96. The zero-order valence-corrected chi connectivity index (χ0v) is 15.6. The molecule has 0 radical (unpaired) electrons. The SMILES string of the molecule is Clc1ccccc1NCc1cccc(OCc2cccc3ccccc23)c1. The van der Waals surface area contributed by atoms with E-state index in [0.29, 0.717) is 13.2 Å². The van der Waals surface area contributed by atoms with Crippen molar-refractivity contribution in [3.63, 3.8) is 0 Å². The van der Waals surface area contributed by atoms with E-state index >= 15 is 0 Å². The third-order valence-corrected chi connectivity index (χ3v) is 4.86. The van der Waals surface area contributed by atoms with Gasteiger partial charge >= 0.3 is 0 Å². The summed E-state index contributed by atoms with van der Waals surface area (Å²) in [6.07, 6.45) is 0. The lowest BCUT2D eigenvalue weighted by Gasteiger charge is -2.12. The van der Waals surface area contributed by atoms with E-state index in [1.165, 1.54) is 16.3 Å². The van der Waals surface area contributed by atoms with E-state index in [2.05, 4.69) is 59.9 Å². The molecular weight excluding hydrogens is 354 g/mol. The van der Waals surface area contributed by atoms with Gasteiger partial charge in [-0.3, -0.25) is 0 Å². The normalized spacial score (nSPS) is 10.7. The number of nitrogens with one attached hydrogen (secondary N) is 1. The van der Waals surface area contributed by atoms with Crippen LogP contribution in [-0.4, -0.2) is 0 Å². The van der Waals surface area contributed by atoms with Crippen LogP contribution < -0.4 is 10.1 Å². The Morgan fingerprint density at radius 1 is 0.778 bits per heavy atom. The van der Waals surface area contributed by atoms with Crippen LogP contribution in [-0.2, 0) is 13.2 Å². The van der Waals surface area contributed by atoms with E-state index in [4.69, 9.17) is 16.3 Å². The van der Waals surface area contributed by atoms with Gasteiger partial charge in [-0.15, -0.1) is 0 Å². The lowest BCUT2D eigenvalue weighted by atomic mass is 10.1. The highest BCUT2D eigenvalue weighted by Gasteiger charge is 2.03. The molecule has 0 fully saturated rings. The molecule has 3 heteroatoms. The average molecular weight is 374 g/mol. The smallest absolute Gasteiger partial charge is 0.120 e. The molecule has 0 heterocycles. The maximum Gasteiger partial charge on any atom is 0.120 e. The first-order chi connectivity index (χ1) is 13.3. The largest absolute Gasteiger partial charge is 0.489 e. The van der Waals surface area contributed by atoms with E-state index < -0.39 is 0 Å². The predicted molar refractivity (Wildman–Crippen MR) is 114 cm³/mol. The van der Waals surface area contributed by atoms with Crippen molar-refractivity contribution in [3.05, 3.63) is 107 Å². The Labute approximate surface area is 164 Å². The maximum absolute atomic E-state index is 6.20. The first-order valence-corrected chi connectivity index (χ1v) is 9.34. The number of anilines is 1.